The van der Waals surface area contributed by atoms with Gasteiger partial charge in [-0.2, -0.15) is 0 Å². The summed E-state index contributed by atoms with van der Waals surface area (Å²) < 4.78 is 5.35. The van der Waals surface area contributed by atoms with Gasteiger partial charge in [-0.15, -0.1) is 0 Å². The van der Waals surface area contributed by atoms with Crippen molar-refractivity contribution in [3.05, 3.63) is 12.7 Å². The topological polar surface area (TPSA) is 49.8 Å². The van der Waals surface area contributed by atoms with Crippen LogP contribution in [0.1, 0.15) is 26.7 Å². The first-order valence-electron chi connectivity index (χ1n) is 6.10. The van der Waals surface area contributed by atoms with E-state index in [1.165, 1.54) is 11.0 Å². The Bertz CT molecular complexity index is 229. The third-order valence-corrected chi connectivity index (χ3v) is 2.42. The summed E-state index contributed by atoms with van der Waals surface area (Å²) in [5.41, 5.74) is 0. The van der Waals surface area contributed by atoms with Gasteiger partial charge in [0.1, 0.15) is 0 Å². The Morgan fingerprint density at radius 1 is 1.53 bits per heavy atom. The molecule has 0 aromatic carbocycles. The number of likely N-dealkylation sites (N-methyl/N-ethyl adjacent to an activating group) is 1. The minimum Gasteiger partial charge on any atom is -0.389 e. The zero-order chi connectivity index (χ0) is 13.3. The number of hydrogen-bond acceptors (Lipinski definition) is 3. The normalized spacial score (nSPS) is 12.5. The van der Waals surface area contributed by atoms with Gasteiger partial charge in [-0.05, 0) is 24.8 Å². The van der Waals surface area contributed by atoms with E-state index >= 15 is 0 Å². The Hall–Kier alpha value is -0.870. The molecule has 0 aliphatic carbocycles. The van der Waals surface area contributed by atoms with Crippen LogP contribution in [0.2, 0.25) is 0 Å². The SMILES string of the molecule is C=CC(=O)N(C)CC(O)COCCCC(C)C. The molecule has 0 radical (unpaired) electrons. The van der Waals surface area contributed by atoms with Crippen molar-refractivity contribution in [2.45, 2.75) is 32.8 Å². The zero-order valence-corrected chi connectivity index (χ0v) is 11.2. The summed E-state index contributed by atoms with van der Waals surface area (Å²) in [5.74, 6) is 0.490. The largest absolute Gasteiger partial charge is 0.389 e. The van der Waals surface area contributed by atoms with Gasteiger partial charge in [0, 0.05) is 20.2 Å². The van der Waals surface area contributed by atoms with E-state index in [1.54, 1.807) is 7.05 Å². The molecule has 0 fully saturated rings. The van der Waals surface area contributed by atoms with Crippen LogP contribution < -0.4 is 0 Å². The lowest BCUT2D eigenvalue weighted by Crippen LogP contribution is -2.35. The van der Waals surface area contributed by atoms with E-state index in [0.29, 0.717) is 12.5 Å². The maximum absolute atomic E-state index is 11.2. The highest BCUT2D eigenvalue weighted by atomic mass is 16.5. The first-order valence-corrected chi connectivity index (χ1v) is 6.10. The summed E-state index contributed by atoms with van der Waals surface area (Å²) in [6, 6.07) is 0. The molecule has 1 atom stereocenters. The van der Waals surface area contributed by atoms with Crippen molar-refractivity contribution in [3.8, 4) is 0 Å². The van der Waals surface area contributed by atoms with Crippen molar-refractivity contribution < 1.29 is 14.6 Å². The second-order valence-electron chi connectivity index (χ2n) is 4.69. The summed E-state index contributed by atoms with van der Waals surface area (Å²) in [6.45, 7) is 8.94. The summed E-state index contributed by atoms with van der Waals surface area (Å²) >= 11 is 0. The first kappa shape index (κ1) is 16.1. The van der Waals surface area contributed by atoms with Crippen LogP contribution in [0.4, 0.5) is 0 Å². The van der Waals surface area contributed by atoms with Gasteiger partial charge in [0.05, 0.1) is 12.7 Å². The van der Waals surface area contributed by atoms with Crippen LogP contribution in [0.3, 0.4) is 0 Å². The quantitative estimate of drug-likeness (QED) is 0.492. The van der Waals surface area contributed by atoms with Gasteiger partial charge in [-0.25, -0.2) is 0 Å². The fraction of sp³-hybridized carbons (Fsp3) is 0.769. The average molecular weight is 243 g/mol. The number of carbonyl (C=O) groups is 1. The molecule has 0 aromatic heterocycles. The van der Waals surface area contributed by atoms with Gasteiger partial charge in [-0.1, -0.05) is 20.4 Å². The van der Waals surface area contributed by atoms with Crippen LogP contribution in [0.5, 0.6) is 0 Å². The molecule has 17 heavy (non-hydrogen) atoms. The third kappa shape index (κ3) is 8.89. The Morgan fingerprint density at radius 3 is 2.71 bits per heavy atom. The Labute approximate surface area is 104 Å². The number of aliphatic hydroxyl groups is 1. The van der Waals surface area contributed by atoms with Crippen molar-refractivity contribution >= 4 is 5.91 Å². The number of nitrogens with zero attached hydrogens (tertiary/aromatic N) is 1. The molecule has 4 heteroatoms. The standard InChI is InChI=1S/C13H25NO3/c1-5-13(16)14(4)9-12(15)10-17-8-6-7-11(2)3/h5,11-12,15H,1,6-10H2,2-4H3. The summed E-state index contributed by atoms with van der Waals surface area (Å²) in [7, 11) is 1.63. The maximum Gasteiger partial charge on any atom is 0.245 e. The van der Waals surface area contributed by atoms with Gasteiger partial charge in [0.2, 0.25) is 5.91 Å². The van der Waals surface area contributed by atoms with E-state index < -0.39 is 6.10 Å². The summed E-state index contributed by atoms with van der Waals surface area (Å²) in [4.78, 5) is 12.6. The number of aliphatic hydroxyl groups excluding tert-OH is 1. The van der Waals surface area contributed by atoms with Crippen molar-refractivity contribution in [1.29, 1.82) is 0 Å². The molecule has 0 bridgehead atoms. The molecule has 0 aliphatic rings. The zero-order valence-electron chi connectivity index (χ0n) is 11.2. The van der Waals surface area contributed by atoms with E-state index in [9.17, 15) is 9.90 Å². The number of rotatable bonds is 9. The van der Waals surface area contributed by atoms with Crippen molar-refractivity contribution in [3.63, 3.8) is 0 Å². The fourth-order valence-corrected chi connectivity index (χ4v) is 1.43. The predicted octanol–water partition coefficient (Wildman–Crippen LogP) is 1.44. The molecule has 0 heterocycles. The highest BCUT2D eigenvalue weighted by Crippen LogP contribution is 2.03. The molecule has 0 aliphatic heterocycles. The van der Waals surface area contributed by atoms with E-state index in [1.807, 2.05) is 0 Å². The lowest BCUT2D eigenvalue weighted by Gasteiger charge is -2.19. The van der Waals surface area contributed by atoms with Crippen molar-refractivity contribution in [1.82, 2.24) is 4.90 Å². The van der Waals surface area contributed by atoms with Crippen LogP contribution in [0.25, 0.3) is 0 Å². The summed E-state index contributed by atoms with van der Waals surface area (Å²) in [6.07, 6.45) is 2.73. The molecule has 1 unspecified atom stereocenters. The Balaban J connectivity index is 3.55. The molecule has 4 nitrogen and oxygen atoms in total. The predicted molar refractivity (Wildman–Crippen MR) is 68.7 cm³/mol. The molecule has 100 valence electrons. The van der Waals surface area contributed by atoms with E-state index in [-0.39, 0.29) is 19.1 Å². The van der Waals surface area contributed by atoms with E-state index in [4.69, 9.17) is 4.74 Å². The molecule has 0 aromatic rings. The highest BCUT2D eigenvalue weighted by molar-refractivity contribution is 5.86. The van der Waals surface area contributed by atoms with E-state index in [0.717, 1.165) is 12.8 Å². The van der Waals surface area contributed by atoms with Gasteiger partial charge < -0.3 is 14.7 Å². The second-order valence-corrected chi connectivity index (χ2v) is 4.69. The highest BCUT2D eigenvalue weighted by Gasteiger charge is 2.11. The molecule has 1 N–H and O–H groups in total. The number of amides is 1. The van der Waals surface area contributed by atoms with Crippen LogP contribution >= 0.6 is 0 Å². The molecule has 1 amide bonds. The monoisotopic (exact) mass is 243 g/mol. The first-order chi connectivity index (χ1) is 7.97. The molecular weight excluding hydrogens is 218 g/mol. The fourth-order valence-electron chi connectivity index (χ4n) is 1.43. The lowest BCUT2D eigenvalue weighted by molar-refractivity contribution is -0.126. The van der Waals surface area contributed by atoms with Crippen LogP contribution in [0, 0.1) is 5.92 Å². The number of hydrogen-bond donors (Lipinski definition) is 1. The average Bonchev–Trinajstić information content (AvgIpc) is 2.26. The van der Waals surface area contributed by atoms with Crippen LogP contribution in [0.15, 0.2) is 12.7 Å². The van der Waals surface area contributed by atoms with E-state index in [2.05, 4.69) is 20.4 Å². The molecule has 0 rings (SSSR count). The number of ether oxygens (including phenoxy) is 1. The molecule has 0 spiro atoms. The van der Waals surface area contributed by atoms with Crippen LogP contribution in [-0.2, 0) is 9.53 Å². The summed E-state index contributed by atoms with van der Waals surface area (Å²) in [5, 5.41) is 9.62. The van der Waals surface area contributed by atoms with Crippen molar-refractivity contribution in [2.24, 2.45) is 5.92 Å². The van der Waals surface area contributed by atoms with Gasteiger partial charge in [0.15, 0.2) is 0 Å². The molecule has 0 saturated heterocycles. The van der Waals surface area contributed by atoms with Crippen LogP contribution in [-0.4, -0.2) is 48.8 Å². The smallest absolute Gasteiger partial charge is 0.245 e. The number of carbonyl (C=O) groups excluding carboxylic acids is 1. The van der Waals surface area contributed by atoms with Crippen molar-refractivity contribution in [2.75, 3.05) is 26.8 Å². The third-order valence-electron chi connectivity index (χ3n) is 2.42. The Kier molecular flexibility index (Phi) is 8.72. The maximum atomic E-state index is 11.2. The Morgan fingerprint density at radius 2 is 2.18 bits per heavy atom. The minimum atomic E-state index is -0.636. The lowest BCUT2D eigenvalue weighted by atomic mass is 10.1. The minimum absolute atomic E-state index is 0.191. The van der Waals surface area contributed by atoms with Gasteiger partial charge in [-0.3, -0.25) is 4.79 Å². The second kappa shape index (κ2) is 9.19. The van der Waals surface area contributed by atoms with Gasteiger partial charge in [0.25, 0.3) is 0 Å². The van der Waals surface area contributed by atoms with Gasteiger partial charge >= 0.3 is 0 Å². The molecule has 0 saturated carbocycles. The molecular formula is C13H25NO3.